The summed E-state index contributed by atoms with van der Waals surface area (Å²) >= 11 is 0. The van der Waals surface area contributed by atoms with Crippen LogP contribution in [0.1, 0.15) is 18.9 Å². The number of halogens is 1. The highest BCUT2D eigenvalue weighted by Crippen LogP contribution is 2.17. The van der Waals surface area contributed by atoms with Gasteiger partial charge < -0.3 is 15.4 Å². The Balaban J connectivity index is 0.00000625. The van der Waals surface area contributed by atoms with Crippen molar-refractivity contribution in [2.45, 2.75) is 19.8 Å². The Kier molecular flexibility index (Phi) is 12.6. The van der Waals surface area contributed by atoms with E-state index in [-0.39, 0.29) is 29.7 Å². The van der Waals surface area contributed by atoms with Gasteiger partial charge in [0.25, 0.3) is 0 Å². The van der Waals surface area contributed by atoms with Crippen LogP contribution >= 0.6 is 24.0 Å². The van der Waals surface area contributed by atoms with Gasteiger partial charge in [0.05, 0.1) is 12.9 Å². The number of aliphatic imine (C=N–C) groups is 1. The van der Waals surface area contributed by atoms with Crippen LogP contribution in [-0.4, -0.2) is 65.3 Å². The van der Waals surface area contributed by atoms with Gasteiger partial charge in [-0.1, -0.05) is 18.2 Å². The molecule has 0 aliphatic carbocycles. The van der Waals surface area contributed by atoms with E-state index in [1.807, 2.05) is 24.3 Å². The van der Waals surface area contributed by atoms with Gasteiger partial charge in [-0.15, -0.1) is 24.0 Å². The third kappa shape index (κ3) is 8.54. The molecule has 26 heavy (non-hydrogen) atoms. The van der Waals surface area contributed by atoms with Crippen LogP contribution in [0.5, 0.6) is 5.75 Å². The Morgan fingerprint density at radius 3 is 2.50 bits per heavy atom. The minimum absolute atomic E-state index is 0. The molecule has 0 spiro atoms. The van der Waals surface area contributed by atoms with Gasteiger partial charge in [-0.25, -0.2) is 12.7 Å². The van der Waals surface area contributed by atoms with E-state index >= 15 is 0 Å². The number of methoxy groups -OCH3 is 1. The first-order valence-electron chi connectivity index (χ1n) is 8.45. The molecule has 0 atom stereocenters. The molecule has 0 amide bonds. The molecule has 0 saturated carbocycles. The van der Waals surface area contributed by atoms with E-state index in [0.717, 1.165) is 24.3 Å². The first-order chi connectivity index (χ1) is 11.9. The third-order valence-corrected chi connectivity index (χ3v) is 5.75. The monoisotopic (exact) mass is 498 g/mol. The second-order valence-corrected chi connectivity index (χ2v) is 7.93. The highest BCUT2D eigenvalue weighted by molar-refractivity contribution is 14.0. The van der Waals surface area contributed by atoms with E-state index in [2.05, 4.69) is 15.6 Å². The maximum Gasteiger partial charge on any atom is 0.213 e. The molecule has 0 unspecified atom stereocenters. The summed E-state index contributed by atoms with van der Waals surface area (Å²) in [5, 5.41) is 6.45. The SMILES string of the molecule is CCS(=O)(=O)N(C)CCCNC(=NC)NCCc1ccccc1OC.I. The zero-order valence-corrected chi connectivity index (χ0v) is 19.1. The van der Waals surface area contributed by atoms with Crippen LogP contribution in [0.15, 0.2) is 29.3 Å². The Labute approximate surface area is 174 Å². The van der Waals surface area contributed by atoms with Crippen LogP contribution in [0.4, 0.5) is 0 Å². The van der Waals surface area contributed by atoms with Crippen LogP contribution in [0.2, 0.25) is 0 Å². The number of rotatable bonds is 10. The van der Waals surface area contributed by atoms with E-state index < -0.39 is 10.0 Å². The summed E-state index contributed by atoms with van der Waals surface area (Å²) in [5.74, 6) is 1.71. The van der Waals surface area contributed by atoms with Gasteiger partial charge in [-0.2, -0.15) is 0 Å². The molecule has 1 rings (SSSR count). The molecule has 150 valence electrons. The molecule has 0 radical (unpaired) electrons. The summed E-state index contributed by atoms with van der Waals surface area (Å²) in [6, 6.07) is 7.93. The summed E-state index contributed by atoms with van der Waals surface area (Å²) in [4.78, 5) is 4.17. The van der Waals surface area contributed by atoms with Crippen molar-refractivity contribution in [3.63, 3.8) is 0 Å². The number of hydrogen-bond donors (Lipinski definition) is 2. The molecule has 0 fully saturated rings. The fourth-order valence-corrected chi connectivity index (χ4v) is 3.16. The lowest BCUT2D eigenvalue weighted by Gasteiger charge is -2.17. The van der Waals surface area contributed by atoms with E-state index in [9.17, 15) is 8.42 Å². The number of nitrogens with one attached hydrogen (secondary N) is 2. The third-order valence-electron chi connectivity index (χ3n) is 3.88. The van der Waals surface area contributed by atoms with Crippen molar-refractivity contribution in [1.29, 1.82) is 0 Å². The smallest absolute Gasteiger partial charge is 0.213 e. The molecule has 0 saturated heterocycles. The average molecular weight is 498 g/mol. The van der Waals surface area contributed by atoms with E-state index in [1.165, 1.54) is 4.31 Å². The summed E-state index contributed by atoms with van der Waals surface area (Å²) in [5.41, 5.74) is 1.14. The zero-order valence-electron chi connectivity index (χ0n) is 16.0. The molecule has 9 heteroatoms. The van der Waals surface area contributed by atoms with Crippen molar-refractivity contribution < 1.29 is 13.2 Å². The predicted octanol–water partition coefficient (Wildman–Crippen LogP) is 1.69. The lowest BCUT2D eigenvalue weighted by molar-refractivity contribution is 0.409. The van der Waals surface area contributed by atoms with Crippen molar-refractivity contribution in [1.82, 2.24) is 14.9 Å². The summed E-state index contributed by atoms with van der Waals surface area (Å²) < 4.78 is 30.1. The lowest BCUT2D eigenvalue weighted by Crippen LogP contribution is -2.40. The fourth-order valence-electron chi connectivity index (χ4n) is 2.31. The maximum atomic E-state index is 11.7. The van der Waals surface area contributed by atoms with Crippen molar-refractivity contribution >= 4 is 40.0 Å². The quantitative estimate of drug-likeness (QED) is 0.222. The van der Waals surface area contributed by atoms with Crippen molar-refractivity contribution in [3.8, 4) is 5.75 Å². The van der Waals surface area contributed by atoms with Gasteiger partial charge in [0.1, 0.15) is 5.75 Å². The average Bonchev–Trinajstić information content (AvgIpc) is 2.63. The number of nitrogens with zero attached hydrogens (tertiary/aromatic N) is 2. The topological polar surface area (TPSA) is 83.0 Å². The Bertz CT molecular complexity index is 653. The molecule has 1 aromatic carbocycles. The second-order valence-electron chi connectivity index (χ2n) is 5.56. The van der Waals surface area contributed by atoms with Crippen LogP contribution in [0.3, 0.4) is 0 Å². The normalized spacial score (nSPS) is 11.8. The predicted molar refractivity (Wildman–Crippen MR) is 118 cm³/mol. The Hall–Kier alpha value is -1.07. The number of sulfonamides is 1. The van der Waals surface area contributed by atoms with E-state index in [0.29, 0.717) is 25.5 Å². The highest BCUT2D eigenvalue weighted by Gasteiger charge is 2.13. The fraction of sp³-hybridized carbons (Fsp3) is 0.588. The van der Waals surface area contributed by atoms with Crippen LogP contribution in [-0.2, 0) is 16.4 Å². The molecule has 0 bridgehead atoms. The number of ether oxygens (including phenoxy) is 1. The maximum absolute atomic E-state index is 11.7. The molecule has 2 N–H and O–H groups in total. The van der Waals surface area contributed by atoms with Crippen LogP contribution in [0, 0.1) is 0 Å². The Morgan fingerprint density at radius 1 is 1.23 bits per heavy atom. The second kappa shape index (κ2) is 13.2. The van der Waals surface area contributed by atoms with Crippen LogP contribution < -0.4 is 15.4 Å². The summed E-state index contributed by atoms with van der Waals surface area (Å²) in [6.45, 7) is 3.51. The standard InChI is InChI=1S/C17H30N4O3S.HI/c1-5-25(22,23)21(3)14-8-12-19-17(18-2)20-13-11-15-9-6-7-10-16(15)24-4;/h6-7,9-10H,5,8,11-14H2,1-4H3,(H2,18,19,20);1H. The summed E-state index contributed by atoms with van der Waals surface area (Å²) in [6.07, 6.45) is 1.53. The number of guanidine groups is 1. The van der Waals surface area contributed by atoms with Gasteiger partial charge in [0, 0.05) is 33.7 Å². The van der Waals surface area contributed by atoms with E-state index in [4.69, 9.17) is 4.74 Å². The van der Waals surface area contributed by atoms with Gasteiger partial charge >= 0.3 is 0 Å². The van der Waals surface area contributed by atoms with Crippen molar-refractivity contribution in [3.05, 3.63) is 29.8 Å². The largest absolute Gasteiger partial charge is 0.496 e. The van der Waals surface area contributed by atoms with Crippen molar-refractivity contribution in [2.24, 2.45) is 4.99 Å². The first-order valence-corrected chi connectivity index (χ1v) is 10.1. The zero-order chi connectivity index (χ0) is 18.7. The minimum Gasteiger partial charge on any atom is -0.496 e. The van der Waals surface area contributed by atoms with Crippen molar-refractivity contribution in [2.75, 3.05) is 46.6 Å². The van der Waals surface area contributed by atoms with Gasteiger partial charge in [-0.3, -0.25) is 4.99 Å². The molecule has 0 aromatic heterocycles. The summed E-state index contributed by atoms with van der Waals surface area (Å²) in [7, 11) is 1.89. The molecule has 0 heterocycles. The number of benzene rings is 1. The van der Waals surface area contributed by atoms with Gasteiger partial charge in [0.15, 0.2) is 5.96 Å². The molecule has 7 nitrogen and oxygen atoms in total. The van der Waals surface area contributed by atoms with E-state index in [1.54, 1.807) is 28.1 Å². The Morgan fingerprint density at radius 2 is 1.88 bits per heavy atom. The lowest BCUT2D eigenvalue weighted by atomic mass is 10.1. The number of hydrogen-bond acceptors (Lipinski definition) is 4. The molecule has 1 aromatic rings. The molecular formula is C17H31IN4O3S. The van der Waals surface area contributed by atoms with Crippen LogP contribution in [0.25, 0.3) is 0 Å². The highest BCUT2D eigenvalue weighted by atomic mass is 127. The minimum atomic E-state index is -3.11. The van der Waals surface area contributed by atoms with Gasteiger partial charge in [0.2, 0.25) is 10.0 Å². The molecule has 0 aliphatic heterocycles. The number of para-hydroxylation sites is 1. The molecular weight excluding hydrogens is 467 g/mol. The molecule has 0 aliphatic rings. The van der Waals surface area contributed by atoms with Gasteiger partial charge in [-0.05, 0) is 31.4 Å². The first kappa shape index (κ1) is 24.9.